The van der Waals surface area contributed by atoms with Crippen LogP contribution in [0.2, 0.25) is 0 Å². The second-order valence-corrected chi connectivity index (χ2v) is 8.40. The molecule has 3 heterocycles. The molecule has 0 radical (unpaired) electrons. The summed E-state index contributed by atoms with van der Waals surface area (Å²) >= 11 is 1.85. The lowest BCUT2D eigenvalue weighted by Gasteiger charge is -2.18. The molecule has 0 aliphatic heterocycles. The van der Waals surface area contributed by atoms with Gasteiger partial charge < -0.3 is 10.2 Å². The molecule has 0 fully saturated rings. The van der Waals surface area contributed by atoms with Gasteiger partial charge >= 0.3 is 0 Å². The zero-order valence-electron chi connectivity index (χ0n) is 16.2. The second-order valence-electron chi connectivity index (χ2n) is 7.32. The van der Waals surface area contributed by atoms with Gasteiger partial charge in [-0.15, -0.1) is 16.4 Å². The molecular weight excluding hydrogens is 344 g/mol. The minimum absolute atomic E-state index is 0.733. The van der Waals surface area contributed by atoms with E-state index in [1.165, 1.54) is 28.7 Å². The summed E-state index contributed by atoms with van der Waals surface area (Å²) in [5.74, 6) is 2.35. The van der Waals surface area contributed by atoms with Crippen molar-refractivity contribution in [3.8, 4) is 0 Å². The number of aromatic nitrogens is 4. The highest BCUT2D eigenvalue weighted by molar-refractivity contribution is 7.19. The Hall–Kier alpha value is -1.73. The fourth-order valence-electron chi connectivity index (χ4n) is 3.90. The van der Waals surface area contributed by atoms with Crippen LogP contribution < -0.4 is 5.32 Å². The van der Waals surface area contributed by atoms with Crippen molar-refractivity contribution >= 4 is 33.1 Å². The van der Waals surface area contributed by atoms with Gasteiger partial charge in [0.1, 0.15) is 10.7 Å². The predicted molar refractivity (Wildman–Crippen MR) is 108 cm³/mol. The zero-order valence-corrected chi connectivity index (χ0v) is 17.0. The molecule has 0 amide bonds. The van der Waals surface area contributed by atoms with Gasteiger partial charge in [0.2, 0.25) is 5.95 Å². The molecular formula is C19H28N6S. The van der Waals surface area contributed by atoms with Crippen molar-refractivity contribution in [3.05, 3.63) is 16.3 Å². The molecule has 0 aromatic carbocycles. The number of nitrogens with zero attached hydrogens (tertiary/aromatic N) is 5. The molecule has 4 rings (SSSR count). The highest BCUT2D eigenvalue weighted by Gasteiger charge is 2.24. The number of fused-ring (bicyclic) bond motifs is 5. The minimum Gasteiger partial charge on any atom is -0.353 e. The Kier molecular flexibility index (Phi) is 4.84. The van der Waals surface area contributed by atoms with Crippen molar-refractivity contribution in [1.29, 1.82) is 0 Å². The smallest absolute Gasteiger partial charge is 0.227 e. The molecule has 7 heteroatoms. The average Bonchev–Trinajstić information content (AvgIpc) is 3.18. The molecule has 26 heavy (non-hydrogen) atoms. The Labute approximate surface area is 158 Å². The number of thiophene rings is 1. The van der Waals surface area contributed by atoms with Gasteiger partial charge in [0.15, 0.2) is 5.65 Å². The Bertz CT molecular complexity index is 923. The van der Waals surface area contributed by atoms with Crippen LogP contribution in [0, 0.1) is 12.8 Å². The van der Waals surface area contributed by atoms with Crippen LogP contribution in [0.3, 0.4) is 0 Å². The van der Waals surface area contributed by atoms with Crippen LogP contribution in [0.5, 0.6) is 0 Å². The molecule has 0 spiro atoms. The standard InChI is InChI=1S/C19H28N6S/c1-5-24(6-2)10-9-20-19-22-18-16(17-21-13(4)23-25(17)19)14-11-12(3)7-8-15(14)26-18/h12H,5-11H2,1-4H3,(H,20,22). The molecule has 0 bridgehead atoms. The van der Waals surface area contributed by atoms with Gasteiger partial charge in [-0.25, -0.2) is 9.97 Å². The summed E-state index contributed by atoms with van der Waals surface area (Å²) in [7, 11) is 0. The minimum atomic E-state index is 0.733. The van der Waals surface area contributed by atoms with E-state index in [4.69, 9.17) is 9.97 Å². The van der Waals surface area contributed by atoms with Crippen molar-refractivity contribution in [2.75, 3.05) is 31.5 Å². The number of hydrogen-bond donors (Lipinski definition) is 1. The van der Waals surface area contributed by atoms with E-state index in [2.05, 4.69) is 36.1 Å². The van der Waals surface area contributed by atoms with E-state index in [0.717, 1.165) is 60.8 Å². The number of likely N-dealkylation sites (N-methyl/N-ethyl adjacent to an activating group) is 1. The lowest BCUT2D eigenvalue weighted by Crippen LogP contribution is -2.29. The second kappa shape index (κ2) is 7.12. The summed E-state index contributed by atoms with van der Waals surface area (Å²) in [5, 5.41) is 9.34. The van der Waals surface area contributed by atoms with E-state index in [9.17, 15) is 0 Å². The predicted octanol–water partition coefficient (Wildman–Crippen LogP) is 3.53. The molecule has 3 aromatic heterocycles. The van der Waals surface area contributed by atoms with Crippen LogP contribution >= 0.6 is 11.3 Å². The van der Waals surface area contributed by atoms with E-state index in [0.29, 0.717) is 0 Å². The first-order valence-electron chi connectivity index (χ1n) is 9.74. The molecule has 0 saturated carbocycles. The molecule has 140 valence electrons. The monoisotopic (exact) mass is 372 g/mol. The number of rotatable bonds is 6. The summed E-state index contributed by atoms with van der Waals surface area (Å²) in [6.45, 7) is 12.7. The number of nitrogens with one attached hydrogen (secondary N) is 1. The Morgan fingerprint density at radius 2 is 2.08 bits per heavy atom. The van der Waals surface area contributed by atoms with E-state index < -0.39 is 0 Å². The first-order valence-corrected chi connectivity index (χ1v) is 10.6. The Balaban J connectivity index is 1.74. The SMILES string of the molecule is CCN(CC)CCNc1nc2sc3c(c2c2nc(C)nn12)CC(C)CC3. The molecule has 1 aliphatic carbocycles. The molecule has 1 N–H and O–H groups in total. The summed E-state index contributed by atoms with van der Waals surface area (Å²) < 4.78 is 1.91. The number of hydrogen-bond acceptors (Lipinski definition) is 6. The maximum absolute atomic E-state index is 4.94. The maximum atomic E-state index is 4.94. The van der Waals surface area contributed by atoms with Crippen molar-refractivity contribution in [1.82, 2.24) is 24.5 Å². The van der Waals surface area contributed by atoms with Crippen molar-refractivity contribution in [2.45, 2.75) is 47.0 Å². The van der Waals surface area contributed by atoms with Gasteiger partial charge in [0.25, 0.3) is 0 Å². The fraction of sp³-hybridized carbons (Fsp3) is 0.632. The topological polar surface area (TPSA) is 58.3 Å². The van der Waals surface area contributed by atoms with Gasteiger partial charge in [0.05, 0.1) is 5.39 Å². The quantitative estimate of drug-likeness (QED) is 0.717. The molecule has 3 aromatic rings. The first kappa shape index (κ1) is 17.7. The highest BCUT2D eigenvalue weighted by atomic mass is 32.1. The summed E-state index contributed by atoms with van der Waals surface area (Å²) in [4.78, 5) is 14.7. The van der Waals surface area contributed by atoms with Crippen LogP contribution in [0.4, 0.5) is 5.95 Å². The van der Waals surface area contributed by atoms with Crippen LogP contribution in [0.15, 0.2) is 0 Å². The van der Waals surface area contributed by atoms with Crippen LogP contribution in [0.25, 0.3) is 15.9 Å². The van der Waals surface area contributed by atoms with E-state index in [1.54, 1.807) is 0 Å². The third-order valence-corrected chi connectivity index (χ3v) is 6.62. The van der Waals surface area contributed by atoms with Gasteiger partial charge in [-0.05, 0) is 50.8 Å². The summed E-state index contributed by atoms with van der Waals surface area (Å²) in [6.07, 6.45) is 3.58. The number of anilines is 1. The van der Waals surface area contributed by atoms with Crippen LogP contribution in [-0.2, 0) is 12.8 Å². The van der Waals surface area contributed by atoms with E-state index >= 15 is 0 Å². The third kappa shape index (κ3) is 3.07. The van der Waals surface area contributed by atoms with Gasteiger partial charge in [-0.1, -0.05) is 20.8 Å². The molecule has 6 nitrogen and oxygen atoms in total. The van der Waals surface area contributed by atoms with Crippen molar-refractivity contribution < 1.29 is 0 Å². The normalized spacial score (nSPS) is 17.3. The fourth-order valence-corrected chi connectivity index (χ4v) is 5.11. The summed E-state index contributed by atoms with van der Waals surface area (Å²) in [6, 6.07) is 0. The van der Waals surface area contributed by atoms with Crippen LogP contribution in [0.1, 0.15) is 43.5 Å². The average molecular weight is 373 g/mol. The molecule has 1 atom stereocenters. The van der Waals surface area contributed by atoms with Crippen molar-refractivity contribution in [2.24, 2.45) is 5.92 Å². The van der Waals surface area contributed by atoms with E-state index in [-0.39, 0.29) is 0 Å². The largest absolute Gasteiger partial charge is 0.353 e. The van der Waals surface area contributed by atoms with Crippen molar-refractivity contribution in [3.63, 3.8) is 0 Å². The van der Waals surface area contributed by atoms with Gasteiger partial charge in [-0.3, -0.25) is 0 Å². The molecule has 1 unspecified atom stereocenters. The third-order valence-electron chi connectivity index (χ3n) is 5.44. The maximum Gasteiger partial charge on any atom is 0.227 e. The highest BCUT2D eigenvalue weighted by Crippen LogP contribution is 2.39. The summed E-state index contributed by atoms with van der Waals surface area (Å²) in [5.41, 5.74) is 2.42. The van der Waals surface area contributed by atoms with Gasteiger partial charge in [0, 0.05) is 18.0 Å². The molecule has 0 saturated heterocycles. The molecule has 1 aliphatic rings. The van der Waals surface area contributed by atoms with Crippen LogP contribution in [-0.4, -0.2) is 50.7 Å². The Morgan fingerprint density at radius 1 is 1.27 bits per heavy atom. The first-order chi connectivity index (χ1) is 12.6. The van der Waals surface area contributed by atoms with E-state index in [1.807, 2.05) is 22.8 Å². The lowest BCUT2D eigenvalue weighted by atomic mass is 9.89. The zero-order chi connectivity index (χ0) is 18.3. The number of aryl methyl sites for hydroxylation is 2. The van der Waals surface area contributed by atoms with Gasteiger partial charge in [-0.2, -0.15) is 4.52 Å². The Morgan fingerprint density at radius 3 is 2.85 bits per heavy atom. The lowest BCUT2D eigenvalue weighted by molar-refractivity contribution is 0.315.